The summed E-state index contributed by atoms with van der Waals surface area (Å²) in [6.07, 6.45) is -0.783. The fourth-order valence-electron chi connectivity index (χ4n) is 4.05. The van der Waals surface area contributed by atoms with Gasteiger partial charge in [0.05, 0.1) is 39.0 Å². The van der Waals surface area contributed by atoms with Gasteiger partial charge in [0.1, 0.15) is 0 Å². The molecule has 0 spiro atoms. The van der Waals surface area contributed by atoms with E-state index in [1.54, 1.807) is 11.9 Å². The number of benzene rings is 2. The van der Waals surface area contributed by atoms with Crippen LogP contribution < -0.4 is 0 Å². The molecule has 7 heteroatoms. The maximum Gasteiger partial charge on any atom is 0.409 e. The summed E-state index contributed by atoms with van der Waals surface area (Å²) in [6, 6.07) is 15.1. The Morgan fingerprint density at radius 1 is 1.19 bits per heavy atom. The van der Waals surface area contributed by atoms with Crippen molar-refractivity contribution in [1.82, 2.24) is 9.80 Å². The second-order valence-electron chi connectivity index (χ2n) is 8.37. The Morgan fingerprint density at radius 3 is 2.47 bits per heavy atom. The highest BCUT2D eigenvalue weighted by Gasteiger charge is 2.31. The molecule has 0 radical (unpaired) electrons. The quantitative estimate of drug-likeness (QED) is 0.788. The lowest BCUT2D eigenvalue weighted by atomic mass is 9.94. The third kappa shape index (κ3) is 5.11. The molecular formula is C25H32N2O5. The molecule has 0 aromatic heterocycles. The smallest absolute Gasteiger partial charge is 0.409 e. The first-order valence-corrected chi connectivity index (χ1v) is 10.9. The monoisotopic (exact) mass is 440 g/mol. The summed E-state index contributed by atoms with van der Waals surface area (Å²) < 4.78 is 11.2. The van der Waals surface area contributed by atoms with Gasteiger partial charge in [-0.05, 0) is 29.7 Å². The summed E-state index contributed by atoms with van der Waals surface area (Å²) in [5, 5.41) is 9.86. The van der Waals surface area contributed by atoms with Crippen molar-refractivity contribution >= 4 is 12.0 Å². The summed E-state index contributed by atoms with van der Waals surface area (Å²) in [7, 11) is 3.01. The van der Waals surface area contributed by atoms with Gasteiger partial charge in [0.2, 0.25) is 0 Å². The largest absolute Gasteiger partial charge is 0.453 e. The van der Waals surface area contributed by atoms with Crippen molar-refractivity contribution in [2.24, 2.45) is 5.92 Å². The van der Waals surface area contributed by atoms with Gasteiger partial charge in [-0.15, -0.1) is 0 Å². The molecule has 0 fully saturated rings. The Kier molecular flexibility index (Phi) is 7.88. The molecule has 3 rings (SSSR count). The van der Waals surface area contributed by atoms with Crippen LogP contribution in [0.25, 0.3) is 11.1 Å². The maximum atomic E-state index is 13.7. The number of ether oxygens (including phenoxy) is 2. The molecule has 0 saturated heterocycles. The van der Waals surface area contributed by atoms with E-state index in [2.05, 4.69) is 0 Å². The summed E-state index contributed by atoms with van der Waals surface area (Å²) >= 11 is 0. The minimum Gasteiger partial charge on any atom is -0.453 e. The van der Waals surface area contributed by atoms with E-state index < -0.39 is 6.09 Å². The molecule has 2 aromatic rings. The average Bonchev–Trinajstić information content (AvgIpc) is 2.84. The second-order valence-corrected chi connectivity index (χ2v) is 8.37. The van der Waals surface area contributed by atoms with Crippen LogP contribution in [0.3, 0.4) is 0 Å². The minimum atomic E-state index is -0.445. The second kappa shape index (κ2) is 10.6. The Bertz CT molecular complexity index is 947. The zero-order valence-corrected chi connectivity index (χ0v) is 19.2. The standard InChI is InChI=1S/C25H32N2O5/c1-17-13-27(18(2)15-28)24(29)22-12-8-7-11-21(22)20-10-6-5-9-19(20)16-32-23(17)14-26(3)25(30)31-4/h5-12,17-18,23,28H,13-16H2,1-4H3/t17-,18+,23+/m1/s1. The number of likely N-dealkylation sites (N-methyl/N-ethyl adjacent to an activating group) is 1. The number of aliphatic hydroxyl groups is 1. The van der Waals surface area contributed by atoms with Crippen LogP contribution in [0, 0.1) is 5.92 Å². The van der Waals surface area contributed by atoms with Crippen molar-refractivity contribution in [2.45, 2.75) is 32.6 Å². The van der Waals surface area contributed by atoms with Crippen molar-refractivity contribution in [3.05, 3.63) is 59.7 Å². The highest BCUT2D eigenvalue weighted by atomic mass is 16.5. The number of amides is 2. The molecule has 2 amide bonds. The van der Waals surface area contributed by atoms with Gasteiger partial charge < -0.3 is 24.4 Å². The van der Waals surface area contributed by atoms with Gasteiger partial charge in [0, 0.05) is 25.1 Å². The molecule has 1 heterocycles. The summed E-state index contributed by atoms with van der Waals surface area (Å²) in [6.45, 7) is 4.72. The average molecular weight is 441 g/mol. The Hall–Kier alpha value is -2.90. The molecular weight excluding hydrogens is 408 g/mol. The number of aliphatic hydroxyl groups excluding tert-OH is 1. The molecule has 1 aliphatic heterocycles. The van der Waals surface area contributed by atoms with Gasteiger partial charge >= 0.3 is 6.09 Å². The van der Waals surface area contributed by atoms with Gasteiger partial charge in [-0.2, -0.15) is 0 Å². The number of carbonyl (C=O) groups is 2. The third-order valence-electron chi connectivity index (χ3n) is 6.03. The Morgan fingerprint density at radius 2 is 1.81 bits per heavy atom. The lowest BCUT2D eigenvalue weighted by molar-refractivity contribution is -0.0219. The molecule has 172 valence electrons. The van der Waals surface area contributed by atoms with Gasteiger partial charge in [-0.1, -0.05) is 49.4 Å². The zero-order chi connectivity index (χ0) is 23.3. The first kappa shape index (κ1) is 23.8. The number of fused-ring (bicyclic) bond motifs is 3. The third-order valence-corrected chi connectivity index (χ3v) is 6.03. The van der Waals surface area contributed by atoms with E-state index in [1.165, 1.54) is 12.0 Å². The topological polar surface area (TPSA) is 79.3 Å². The van der Waals surface area contributed by atoms with E-state index in [4.69, 9.17) is 9.47 Å². The van der Waals surface area contributed by atoms with Crippen LogP contribution in [0.2, 0.25) is 0 Å². The van der Waals surface area contributed by atoms with Gasteiger partial charge in [0.15, 0.2) is 0 Å². The van der Waals surface area contributed by atoms with E-state index >= 15 is 0 Å². The van der Waals surface area contributed by atoms with Crippen molar-refractivity contribution in [3.63, 3.8) is 0 Å². The molecule has 1 aliphatic rings. The predicted octanol–water partition coefficient (Wildman–Crippen LogP) is 3.41. The molecule has 0 bridgehead atoms. The number of nitrogens with zero attached hydrogens (tertiary/aromatic N) is 2. The Balaban J connectivity index is 2.08. The number of rotatable bonds is 4. The number of methoxy groups -OCH3 is 1. The van der Waals surface area contributed by atoms with E-state index in [9.17, 15) is 14.7 Å². The highest BCUT2D eigenvalue weighted by Crippen LogP contribution is 2.31. The highest BCUT2D eigenvalue weighted by molar-refractivity contribution is 6.01. The fourth-order valence-corrected chi connectivity index (χ4v) is 4.05. The molecule has 32 heavy (non-hydrogen) atoms. The van der Waals surface area contributed by atoms with Gasteiger partial charge in [-0.3, -0.25) is 4.79 Å². The molecule has 0 unspecified atom stereocenters. The SMILES string of the molecule is COC(=O)N(C)C[C@@H]1OCc2ccccc2-c2ccccc2C(=O)N([C@@H](C)CO)C[C@H]1C. The molecule has 1 N–H and O–H groups in total. The number of hydrogen-bond donors (Lipinski definition) is 1. The maximum absolute atomic E-state index is 13.7. The van der Waals surface area contributed by atoms with E-state index in [-0.39, 0.29) is 30.6 Å². The predicted molar refractivity (Wildman–Crippen MR) is 122 cm³/mol. The van der Waals surface area contributed by atoms with Crippen LogP contribution >= 0.6 is 0 Å². The molecule has 7 nitrogen and oxygen atoms in total. The van der Waals surface area contributed by atoms with E-state index in [0.29, 0.717) is 25.3 Å². The zero-order valence-electron chi connectivity index (χ0n) is 19.2. The fraction of sp³-hybridized carbons (Fsp3) is 0.440. The van der Waals surface area contributed by atoms with Crippen molar-refractivity contribution in [2.75, 3.05) is 33.9 Å². The molecule has 0 aliphatic carbocycles. The lowest BCUT2D eigenvalue weighted by Crippen LogP contribution is -2.47. The van der Waals surface area contributed by atoms with Crippen molar-refractivity contribution < 1.29 is 24.2 Å². The van der Waals surface area contributed by atoms with Crippen molar-refractivity contribution in [1.29, 1.82) is 0 Å². The van der Waals surface area contributed by atoms with Crippen LogP contribution in [-0.2, 0) is 16.1 Å². The molecule has 0 saturated carbocycles. The lowest BCUT2D eigenvalue weighted by Gasteiger charge is -2.34. The first-order chi connectivity index (χ1) is 15.4. The van der Waals surface area contributed by atoms with Crippen LogP contribution in [0.4, 0.5) is 4.79 Å². The summed E-state index contributed by atoms with van der Waals surface area (Å²) in [4.78, 5) is 28.9. The summed E-state index contributed by atoms with van der Waals surface area (Å²) in [5.74, 6) is -0.233. The van der Waals surface area contributed by atoms with Crippen LogP contribution in [0.15, 0.2) is 48.5 Å². The Labute approximate surface area is 189 Å². The van der Waals surface area contributed by atoms with Crippen LogP contribution in [0.5, 0.6) is 0 Å². The normalized spacial score (nSPS) is 19.9. The van der Waals surface area contributed by atoms with E-state index in [1.807, 2.05) is 62.4 Å². The van der Waals surface area contributed by atoms with Gasteiger partial charge in [0.25, 0.3) is 5.91 Å². The summed E-state index contributed by atoms with van der Waals surface area (Å²) in [5.41, 5.74) is 3.33. The first-order valence-electron chi connectivity index (χ1n) is 10.9. The van der Waals surface area contributed by atoms with Crippen LogP contribution in [-0.4, -0.2) is 72.9 Å². The van der Waals surface area contributed by atoms with Crippen molar-refractivity contribution in [3.8, 4) is 11.1 Å². The van der Waals surface area contributed by atoms with E-state index in [0.717, 1.165) is 16.7 Å². The van der Waals surface area contributed by atoms with Crippen LogP contribution in [0.1, 0.15) is 29.8 Å². The number of carbonyl (C=O) groups excluding carboxylic acids is 2. The molecule has 3 atom stereocenters. The van der Waals surface area contributed by atoms with Gasteiger partial charge in [-0.25, -0.2) is 4.79 Å². The molecule has 2 aromatic carbocycles. The number of hydrogen-bond acceptors (Lipinski definition) is 5. The minimum absolute atomic E-state index is 0.0996.